The maximum Gasteiger partial charge on any atom is 0.252 e. The Labute approximate surface area is 91.9 Å². The smallest absolute Gasteiger partial charge is 0.252 e. The number of methoxy groups -OCH3 is 1. The molecule has 0 aliphatic carbocycles. The largest absolute Gasteiger partial charge is 0.497 e. The van der Waals surface area contributed by atoms with Gasteiger partial charge in [-0.1, -0.05) is 0 Å². The first-order valence-corrected chi connectivity index (χ1v) is 5.96. The van der Waals surface area contributed by atoms with E-state index in [9.17, 15) is 17.2 Å². The lowest BCUT2D eigenvalue weighted by Gasteiger charge is -2.08. The Morgan fingerprint density at radius 2 is 2.06 bits per heavy atom. The fourth-order valence-corrected chi connectivity index (χ4v) is 2.40. The molecule has 1 aromatic carbocycles. The van der Waals surface area contributed by atoms with Crippen LogP contribution in [0.4, 0.5) is 14.5 Å². The Morgan fingerprint density at radius 1 is 1.44 bits per heavy atom. The molecule has 0 aromatic heterocycles. The van der Waals surface area contributed by atoms with Crippen molar-refractivity contribution in [3.05, 3.63) is 18.2 Å². The number of sulfone groups is 1. The summed E-state index contributed by atoms with van der Waals surface area (Å²) < 4.78 is 52.0. The summed E-state index contributed by atoms with van der Waals surface area (Å²) in [6.07, 6.45) is -2.93. The molecule has 0 saturated carbocycles. The molecule has 0 radical (unpaired) electrons. The number of nitrogens with two attached hydrogens (primary N) is 1. The minimum Gasteiger partial charge on any atom is -0.497 e. The van der Waals surface area contributed by atoms with Crippen molar-refractivity contribution in [2.24, 2.45) is 0 Å². The molecule has 90 valence electrons. The van der Waals surface area contributed by atoms with Gasteiger partial charge in [0.1, 0.15) is 11.5 Å². The number of hydrogen-bond donors (Lipinski definition) is 1. The maximum absolute atomic E-state index is 12.1. The van der Waals surface area contributed by atoms with Gasteiger partial charge >= 0.3 is 0 Å². The van der Waals surface area contributed by atoms with Crippen molar-refractivity contribution >= 4 is 15.5 Å². The van der Waals surface area contributed by atoms with Crippen LogP contribution >= 0.6 is 0 Å². The quantitative estimate of drug-likeness (QED) is 0.819. The highest BCUT2D eigenvalue weighted by atomic mass is 32.2. The summed E-state index contributed by atoms with van der Waals surface area (Å²) in [5.74, 6) is -0.994. The van der Waals surface area contributed by atoms with E-state index in [0.29, 0.717) is 0 Å². The topological polar surface area (TPSA) is 69.4 Å². The van der Waals surface area contributed by atoms with E-state index < -0.39 is 22.0 Å². The van der Waals surface area contributed by atoms with Gasteiger partial charge in [0, 0.05) is 6.07 Å². The monoisotopic (exact) mass is 251 g/mol. The number of ether oxygens (including phenoxy) is 1. The van der Waals surface area contributed by atoms with Crippen LogP contribution in [0, 0.1) is 0 Å². The Kier molecular flexibility index (Phi) is 3.69. The van der Waals surface area contributed by atoms with E-state index in [4.69, 9.17) is 10.5 Å². The third-order valence-corrected chi connectivity index (χ3v) is 3.62. The third kappa shape index (κ3) is 2.82. The molecule has 0 aliphatic rings. The van der Waals surface area contributed by atoms with Gasteiger partial charge in [-0.3, -0.25) is 0 Å². The highest BCUT2D eigenvalue weighted by molar-refractivity contribution is 7.91. The summed E-state index contributed by atoms with van der Waals surface area (Å²) >= 11 is 0. The molecule has 0 unspecified atom stereocenters. The van der Waals surface area contributed by atoms with E-state index in [-0.39, 0.29) is 16.3 Å². The predicted molar refractivity (Wildman–Crippen MR) is 55.5 cm³/mol. The van der Waals surface area contributed by atoms with E-state index in [2.05, 4.69) is 0 Å². The summed E-state index contributed by atoms with van der Waals surface area (Å²) in [7, 11) is -2.74. The molecule has 0 spiro atoms. The second-order valence-electron chi connectivity index (χ2n) is 3.08. The molecule has 0 heterocycles. The lowest BCUT2D eigenvalue weighted by molar-refractivity contribution is 0.174. The second-order valence-corrected chi connectivity index (χ2v) is 5.08. The van der Waals surface area contributed by atoms with Gasteiger partial charge in [0.2, 0.25) is 0 Å². The normalized spacial score (nSPS) is 11.8. The number of halogens is 2. The van der Waals surface area contributed by atoms with Crippen molar-refractivity contribution in [1.82, 2.24) is 0 Å². The van der Waals surface area contributed by atoms with Crippen LogP contribution < -0.4 is 10.5 Å². The molecule has 4 nitrogen and oxygen atoms in total. The fraction of sp³-hybridized carbons (Fsp3) is 0.333. The average molecular weight is 251 g/mol. The Morgan fingerprint density at radius 3 is 2.56 bits per heavy atom. The molecule has 0 fully saturated rings. The first kappa shape index (κ1) is 12.7. The van der Waals surface area contributed by atoms with Crippen molar-refractivity contribution in [2.75, 3.05) is 18.6 Å². The highest BCUT2D eigenvalue weighted by Crippen LogP contribution is 2.25. The first-order chi connectivity index (χ1) is 7.36. The van der Waals surface area contributed by atoms with Gasteiger partial charge in [0.15, 0.2) is 9.84 Å². The van der Waals surface area contributed by atoms with Crippen LogP contribution in [0.1, 0.15) is 0 Å². The zero-order valence-electron chi connectivity index (χ0n) is 8.48. The minimum absolute atomic E-state index is 0.0681. The summed E-state index contributed by atoms with van der Waals surface area (Å²) in [5, 5.41) is 0. The lowest BCUT2D eigenvalue weighted by atomic mass is 10.3. The second kappa shape index (κ2) is 4.65. The van der Waals surface area contributed by atoms with Crippen LogP contribution in [-0.4, -0.2) is 27.7 Å². The molecule has 0 amide bonds. The number of rotatable bonds is 4. The van der Waals surface area contributed by atoms with Crippen molar-refractivity contribution in [3.8, 4) is 5.75 Å². The molecule has 0 bridgehead atoms. The van der Waals surface area contributed by atoms with Gasteiger partial charge in [0.25, 0.3) is 6.43 Å². The number of alkyl halides is 2. The molecule has 16 heavy (non-hydrogen) atoms. The zero-order chi connectivity index (χ0) is 12.3. The van der Waals surface area contributed by atoms with E-state index in [0.717, 1.165) is 6.07 Å². The van der Waals surface area contributed by atoms with Crippen LogP contribution in [-0.2, 0) is 9.84 Å². The van der Waals surface area contributed by atoms with Crippen LogP contribution in [0.5, 0.6) is 5.75 Å². The van der Waals surface area contributed by atoms with Gasteiger partial charge in [-0.15, -0.1) is 0 Å². The maximum atomic E-state index is 12.1. The molecule has 0 aliphatic heterocycles. The van der Waals surface area contributed by atoms with Gasteiger partial charge < -0.3 is 10.5 Å². The van der Waals surface area contributed by atoms with Crippen molar-refractivity contribution in [3.63, 3.8) is 0 Å². The average Bonchev–Trinajstić information content (AvgIpc) is 2.16. The fourth-order valence-electron chi connectivity index (χ4n) is 1.17. The summed E-state index contributed by atoms with van der Waals surface area (Å²) in [4.78, 5) is -0.327. The van der Waals surface area contributed by atoms with Crippen molar-refractivity contribution in [1.29, 1.82) is 0 Å². The molecule has 2 N–H and O–H groups in total. The SMILES string of the molecule is COc1ccc(N)c(S(=O)(=O)CC(F)F)c1. The molecule has 7 heteroatoms. The molecular formula is C9H11F2NO3S. The number of anilines is 1. The van der Waals surface area contributed by atoms with Crippen molar-refractivity contribution < 1.29 is 21.9 Å². The molecular weight excluding hydrogens is 240 g/mol. The first-order valence-electron chi connectivity index (χ1n) is 4.31. The van der Waals surface area contributed by atoms with E-state index in [1.807, 2.05) is 0 Å². The standard InChI is InChI=1S/C9H11F2NO3S/c1-15-6-2-3-7(12)8(4-6)16(13,14)5-9(10)11/h2-4,9H,5,12H2,1H3. The van der Waals surface area contributed by atoms with Gasteiger partial charge in [-0.25, -0.2) is 17.2 Å². The Hall–Kier alpha value is -1.37. The lowest BCUT2D eigenvalue weighted by Crippen LogP contribution is -2.15. The number of nitrogen functional groups attached to an aromatic ring is 1. The summed E-state index contributed by atoms with van der Waals surface area (Å²) in [6, 6.07) is 3.89. The van der Waals surface area contributed by atoms with E-state index >= 15 is 0 Å². The van der Waals surface area contributed by atoms with Crippen LogP contribution in [0.2, 0.25) is 0 Å². The van der Waals surface area contributed by atoms with Gasteiger partial charge in [-0.2, -0.15) is 0 Å². The third-order valence-electron chi connectivity index (χ3n) is 1.90. The van der Waals surface area contributed by atoms with Crippen LogP contribution in [0.15, 0.2) is 23.1 Å². The van der Waals surface area contributed by atoms with Crippen LogP contribution in [0.3, 0.4) is 0 Å². The molecule has 1 rings (SSSR count). The van der Waals surface area contributed by atoms with E-state index in [1.165, 1.54) is 19.2 Å². The van der Waals surface area contributed by atoms with E-state index in [1.54, 1.807) is 0 Å². The van der Waals surface area contributed by atoms with Gasteiger partial charge in [0.05, 0.1) is 17.7 Å². The molecule has 1 aromatic rings. The van der Waals surface area contributed by atoms with Crippen molar-refractivity contribution in [2.45, 2.75) is 11.3 Å². The Bertz CT molecular complexity index is 474. The predicted octanol–water partition coefficient (Wildman–Crippen LogP) is 1.32. The zero-order valence-corrected chi connectivity index (χ0v) is 9.30. The number of benzene rings is 1. The summed E-state index contributed by atoms with van der Waals surface area (Å²) in [6.45, 7) is 0. The molecule has 0 atom stereocenters. The minimum atomic E-state index is -4.08. The number of hydrogen-bond acceptors (Lipinski definition) is 4. The Balaban J connectivity index is 3.21. The molecule has 0 saturated heterocycles. The van der Waals surface area contributed by atoms with Crippen LogP contribution in [0.25, 0.3) is 0 Å². The summed E-state index contributed by atoms with van der Waals surface area (Å²) in [5.41, 5.74) is 5.36. The highest BCUT2D eigenvalue weighted by Gasteiger charge is 2.23. The van der Waals surface area contributed by atoms with Gasteiger partial charge in [-0.05, 0) is 12.1 Å².